The summed E-state index contributed by atoms with van der Waals surface area (Å²) in [7, 11) is 1.39. The fraction of sp³-hybridized carbons (Fsp3) is 0.571. The van der Waals surface area contributed by atoms with Crippen molar-refractivity contribution in [2.75, 3.05) is 13.7 Å². The molecule has 0 aliphatic carbocycles. The number of allylic oxidation sites excluding steroid dienone is 2. The first-order valence-corrected chi connectivity index (χ1v) is 10.8. The van der Waals surface area contributed by atoms with E-state index in [-0.39, 0.29) is 29.5 Å². The van der Waals surface area contributed by atoms with Gasteiger partial charge in [-0.1, -0.05) is 24.6 Å². The Hall–Kier alpha value is -3.08. The van der Waals surface area contributed by atoms with E-state index in [2.05, 4.69) is 10.6 Å². The number of aliphatic carboxylic acids is 1. The molecule has 0 aromatic rings. The summed E-state index contributed by atoms with van der Waals surface area (Å²) in [5, 5.41) is 23.6. The third-order valence-corrected chi connectivity index (χ3v) is 5.33. The number of ether oxygens (including phenoxy) is 1. The number of aliphatic hydroxyl groups excluding tert-OH is 1. The number of hydrogen-bond donors (Lipinski definition) is 4. The van der Waals surface area contributed by atoms with E-state index in [9.17, 15) is 29.1 Å². The molecular formula is C21H30ClN3O8. The molecule has 0 spiro atoms. The Balaban J connectivity index is 2.73. The summed E-state index contributed by atoms with van der Waals surface area (Å²) in [6.45, 7) is 3.51. The second kappa shape index (κ2) is 13.5. The largest absolute Gasteiger partial charge is 0.503 e. The van der Waals surface area contributed by atoms with Crippen LogP contribution in [0.3, 0.4) is 0 Å². The van der Waals surface area contributed by atoms with Crippen LogP contribution in [-0.2, 0) is 28.7 Å². The van der Waals surface area contributed by atoms with Gasteiger partial charge in [0.1, 0.15) is 24.1 Å². The second-order valence-corrected chi connectivity index (χ2v) is 7.82. The maximum atomic E-state index is 12.8. The molecule has 0 bridgehead atoms. The second-order valence-electron chi connectivity index (χ2n) is 7.41. The molecular weight excluding hydrogens is 458 g/mol. The first-order chi connectivity index (χ1) is 15.5. The standard InChI is InChI=1S/C21H30ClN3O8/c1-4-16(33-3)19(30)14(22)7-8-17(27)23-12(2)21(32)25-9-5-6-15(25)20(31)24-13(11-26)10-18(28)29/h7,11-13,15,30H,4-6,8-10H2,1-3H3,(H,23,27)(H,24,31)(H,28,29)/b14-7+,19-16-/t12-,13-,15-/m0/s1. The number of methoxy groups -OCH3 is 1. The summed E-state index contributed by atoms with van der Waals surface area (Å²) in [6, 6.07) is -3.02. The minimum Gasteiger partial charge on any atom is -0.503 e. The van der Waals surface area contributed by atoms with Crippen molar-refractivity contribution in [3.8, 4) is 0 Å². The number of nitrogens with one attached hydrogen (secondary N) is 2. The molecule has 33 heavy (non-hydrogen) atoms. The number of nitrogens with zero attached hydrogens (tertiary/aromatic N) is 1. The Labute approximate surface area is 196 Å². The number of carboxylic acid groups (broad SMARTS) is 1. The first kappa shape index (κ1) is 28.0. The van der Waals surface area contributed by atoms with Crippen LogP contribution in [0.2, 0.25) is 0 Å². The maximum Gasteiger partial charge on any atom is 0.305 e. The van der Waals surface area contributed by atoms with E-state index in [1.54, 1.807) is 6.92 Å². The van der Waals surface area contributed by atoms with Gasteiger partial charge in [-0.25, -0.2) is 0 Å². The molecule has 1 rings (SSSR count). The molecule has 3 amide bonds. The van der Waals surface area contributed by atoms with Crippen molar-refractivity contribution in [1.29, 1.82) is 0 Å². The minimum absolute atomic E-state index is 0.0646. The van der Waals surface area contributed by atoms with Crippen LogP contribution in [0.25, 0.3) is 0 Å². The van der Waals surface area contributed by atoms with Crippen LogP contribution in [0.4, 0.5) is 0 Å². The van der Waals surface area contributed by atoms with Crippen molar-refractivity contribution in [2.24, 2.45) is 0 Å². The van der Waals surface area contributed by atoms with Gasteiger partial charge in [0.15, 0.2) is 5.76 Å². The number of likely N-dealkylation sites (tertiary alicyclic amines) is 1. The van der Waals surface area contributed by atoms with Crippen LogP contribution in [0.15, 0.2) is 22.6 Å². The van der Waals surface area contributed by atoms with E-state index in [0.717, 1.165) is 0 Å². The third kappa shape index (κ3) is 8.41. The van der Waals surface area contributed by atoms with Gasteiger partial charge < -0.3 is 35.3 Å². The average Bonchev–Trinajstić information content (AvgIpc) is 3.26. The van der Waals surface area contributed by atoms with E-state index in [4.69, 9.17) is 21.4 Å². The summed E-state index contributed by atoms with van der Waals surface area (Å²) in [5.41, 5.74) is 0. The topological polar surface area (TPSA) is 162 Å². The Morgan fingerprint density at radius 3 is 2.45 bits per heavy atom. The highest BCUT2D eigenvalue weighted by Gasteiger charge is 2.37. The molecule has 1 saturated heterocycles. The van der Waals surface area contributed by atoms with Crippen molar-refractivity contribution in [3.63, 3.8) is 0 Å². The van der Waals surface area contributed by atoms with Crippen LogP contribution >= 0.6 is 11.6 Å². The Kier molecular flexibility index (Phi) is 11.4. The Bertz CT molecular complexity index is 820. The summed E-state index contributed by atoms with van der Waals surface area (Å²) in [4.78, 5) is 60.6. The van der Waals surface area contributed by atoms with Gasteiger partial charge in [-0.05, 0) is 19.8 Å². The lowest BCUT2D eigenvalue weighted by Crippen LogP contribution is -2.54. The number of halogens is 1. The fourth-order valence-electron chi connectivity index (χ4n) is 3.33. The van der Waals surface area contributed by atoms with E-state index >= 15 is 0 Å². The molecule has 1 heterocycles. The van der Waals surface area contributed by atoms with Gasteiger partial charge >= 0.3 is 5.97 Å². The van der Waals surface area contributed by atoms with Crippen molar-refractivity contribution in [1.82, 2.24) is 15.5 Å². The van der Waals surface area contributed by atoms with Crippen molar-refractivity contribution in [2.45, 2.75) is 64.1 Å². The molecule has 4 N–H and O–H groups in total. The van der Waals surface area contributed by atoms with E-state index in [1.165, 1.54) is 25.0 Å². The number of carbonyl (C=O) groups is 5. The molecule has 0 radical (unpaired) electrons. The number of carbonyl (C=O) groups excluding carboxylic acids is 4. The highest BCUT2D eigenvalue weighted by atomic mass is 35.5. The van der Waals surface area contributed by atoms with Gasteiger partial charge in [0.2, 0.25) is 17.7 Å². The Morgan fingerprint density at radius 2 is 1.91 bits per heavy atom. The van der Waals surface area contributed by atoms with Crippen molar-refractivity contribution in [3.05, 3.63) is 22.6 Å². The fourth-order valence-corrected chi connectivity index (χ4v) is 3.52. The van der Waals surface area contributed by atoms with E-state index < -0.39 is 48.2 Å². The summed E-state index contributed by atoms with van der Waals surface area (Å²) >= 11 is 5.98. The van der Waals surface area contributed by atoms with Gasteiger partial charge in [0, 0.05) is 19.4 Å². The van der Waals surface area contributed by atoms with Gasteiger partial charge in [0.05, 0.1) is 24.6 Å². The first-order valence-electron chi connectivity index (χ1n) is 10.4. The van der Waals surface area contributed by atoms with Crippen LogP contribution in [0.5, 0.6) is 0 Å². The van der Waals surface area contributed by atoms with Crippen molar-refractivity contribution < 1.29 is 38.9 Å². The lowest BCUT2D eigenvalue weighted by Gasteiger charge is -2.27. The lowest BCUT2D eigenvalue weighted by atomic mass is 10.1. The molecule has 0 aromatic heterocycles. The van der Waals surface area contributed by atoms with Crippen LogP contribution in [-0.4, -0.2) is 76.9 Å². The molecule has 12 heteroatoms. The third-order valence-electron chi connectivity index (χ3n) is 5.00. The maximum absolute atomic E-state index is 12.8. The molecule has 1 aliphatic rings. The van der Waals surface area contributed by atoms with Gasteiger partial charge in [-0.2, -0.15) is 0 Å². The van der Waals surface area contributed by atoms with Crippen LogP contribution < -0.4 is 10.6 Å². The summed E-state index contributed by atoms with van der Waals surface area (Å²) < 4.78 is 4.99. The summed E-state index contributed by atoms with van der Waals surface area (Å²) in [6.07, 6.45) is 2.13. The SMILES string of the molecule is CC/C(OC)=C(O)\C(Cl)=C/CC(=O)N[C@@H](C)C(=O)N1CCC[C@H]1C(=O)N[C@H](C=O)CC(=O)O. The quantitative estimate of drug-likeness (QED) is 0.180. The van der Waals surface area contributed by atoms with Crippen molar-refractivity contribution >= 4 is 41.6 Å². The zero-order valence-corrected chi connectivity index (χ0v) is 19.6. The van der Waals surface area contributed by atoms with Crippen LogP contribution in [0, 0.1) is 0 Å². The molecule has 11 nitrogen and oxygen atoms in total. The number of amides is 3. The molecule has 184 valence electrons. The van der Waals surface area contributed by atoms with E-state index in [0.29, 0.717) is 25.5 Å². The highest BCUT2D eigenvalue weighted by Crippen LogP contribution is 2.20. The lowest BCUT2D eigenvalue weighted by molar-refractivity contribution is -0.142. The molecule has 3 atom stereocenters. The minimum atomic E-state index is -1.24. The zero-order valence-electron chi connectivity index (χ0n) is 18.8. The smallest absolute Gasteiger partial charge is 0.305 e. The molecule has 1 aliphatic heterocycles. The Morgan fingerprint density at radius 1 is 1.24 bits per heavy atom. The highest BCUT2D eigenvalue weighted by molar-refractivity contribution is 6.31. The molecule has 0 unspecified atom stereocenters. The average molecular weight is 488 g/mol. The van der Waals surface area contributed by atoms with Gasteiger partial charge in [-0.3, -0.25) is 19.2 Å². The number of aldehydes is 1. The number of rotatable bonds is 12. The number of hydrogen-bond acceptors (Lipinski definition) is 7. The van der Waals surface area contributed by atoms with Crippen LogP contribution in [0.1, 0.15) is 46.0 Å². The monoisotopic (exact) mass is 487 g/mol. The van der Waals surface area contributed by atoms with Gasteiger partial charge in [0.25, 0.3) is 0 Å². The predicted octanol–water partition coefficient (Wildman–Crippen LogP) is 0.979. The molecule has 1 fully saturated rings. The number of aliphatic hydroxyl groups is 1. The normalized spacial score (nSPS) is 18.6. The molecule has 0 saturated carbocycles. The van der Waals surface area contributed by atoms with Gasteiger partial charge in [-0.15, -0.1) is 0 Å². The zero-order chi connectivity index (χ0) is 25.1. The predicted molar refractivity (Wildman–Crippen MR) is 118 cm³/mol. The molecule has 0 aromatic carbocycles. The summed E-state index contributed by atoms with van der Waals surface area (Å²) in [5.74, 6) is -2.90. The number of carboxylic acids is 1. The van der Waals surface area contributed by atoms with E-state index in [1.807, 2.05) is 0 Å².